The third kappa shape index (κ3) is 6.76. The summed E-state index contributed by atoms with van der Waals surface area (Å²) in [5, 5.41) is 0. The molecule has 4 rings (SSSR count). The smallest absolute Gasteiger partial charge is 0.306 e. The molecule has 0 radical (unpaired) electrons. The van der Waals surface area contributed by atoms with E-state index in [0.29, 0.717) is 23.7 Å². The molecule has 7 heteroatoms. The summed E-state index contributed by atoms with van der Waals surface area (Å²) in [6.45, 7) is 5.73. The van der Waals surface area contributed by atoms with Crippen molar-refractivity contribution in [2.45, 2.75) is 51.9 Å². The van der Waals surface area contributed by atoms with E-state index in [-0.39, 0.29) is 31.2 Å². The Balaban J connectivity index is 1.54. The fourth-order valence-corrected chi connectivity index (χ4v) is 4.25. The van der Waals surface area contributed by atoms with E-state index in [4.69, 9.17) is 9.47 Å². The van der Waals surface area contributed by atoms with Gasteiger partial charge in [0.2, 0.25) is 5.91 Å². The number of piperazine rings is 1. The number of carbonyl (C=O) groups excluding carboxylic acids is 3. The van der Waals surface area contributed by atoms with Crippen LogP contribution >= 0.6 is 0 Å². The summed E-state index contributed by atoms with van der Waals surface area (Å²) in [4.78, 5) is 42.4. The molecule has 0 N–H and O–H groups in total. The molecule has 1 aliphatic rings. The summed E-state index contributed by atoms with van der Waals surface area (Å²) in [6, 6.07) is 25.2. The van der Waals surface area contributed by atoms with Crippen molar-refractivity contribution >= 4 is 29.2 Å². The minimum atomic E-state index is -0.843. The molecule has 0 saturated carbocycles. The molecule has 1 fully saturated rings. The van der Waals surface area contributed by atoms with Crippen molar-refractivity contribution in [3.63, 3.8) is 0 Å². The van der Waals surface area contributed by atoms with Gasteiger partial charge in [0.05, 0.1) is 0 Å². The monoisotopic (exact) mass is 500 g/mol. The molecule has 192 valence electrons. The fraction of sp³-hybridized carbons (Fsp3) is 0.300. The second kappa shape index (κ2) is 11.3. The molecule has 1 saturated heterocycles. The summed E-state index contributed by atoms with van der Waals surface area (Å²) >= 11 is 0. The minimum Gasteiger partial charge on any atom is -0.489 e. The summed E-state index contributed by atoms with van der Waals surface area (Å²) in [7, 11) is 0. The van der Waals surface area contributed by atoms with E-state index in [1.165, 1.54) is 9.80 Å². The van der Waals surface area contributed by atoms with Gasteiger partial charge in [0.15, 0.2) is 0 Å². The second-order valence-electron chi connectivity index (χ2n) is 9.93. The molecule has 0 aromatic heterocycles. The van der Waals surface area contributed by atoms with Crippen molar-refractivity contribution in [2.75, 3.05) is 16.3 Å². The predicted octanol–water partition coefficient (Wildman–Crippen LogP) is 5.14. The quantitative estimate of drug-likeness (QED) is 0.401. The maximum Gasteiger partial charge on any atom is 0.306 e. The SMILES string of the molecule is CC(C)(C)OC(=O)CC[C@H]1C(=O)N(c2ccccc2)CC(=O)N1c1ccc(OCc2ccccc2)cc1. The molecule has 7 nitrogen and oxygen atoms in total. The Bertz CT molecular complexity index is 1220. The number of amides is 2. The van der Waals surface area contributed by atoms with E-state index in [1.807, 2.05) is 48.5 Å². The second-order valence-corrected chi connectivity index (χ2v) is 9.93. The number of rotatable bonds is 8. The van der Waals surface area contributed by atoms with Gasteiger partial charge in [0.25, 0.3) is 5.91 Å². The third-order valence-corrected chi connectivity index (χ3v) is 5.90. The topological polar surface area (TPSA) is 76.2 Å². The highest BCUT2D eigenvalue weighted by atomic mass is 16.6. The maximum absolute atomic E-state index is 13.6. The van der Waals surface area contributed by atoms with Gasteiger partial charge in [-0.3, -0.25) is 19.3 Å². The van der Waals surface area contributed by atoms with Crippen LogP contribution in [0.5, 0.6) is 5.75 Å². The number of carbonyl (C=O) groups is 3. The van der Waals surface area contributed by atoms with E-state index < -0.39 is 17.6 Å². The van der Waals surface area contributed by atoms with Gasteiger partial charge in [0, 0.05) is 17.8 Å². The standard InChI is InChI=1S/C30H32N2O5/c1-30(2,3)37-28(34)19-18-26-29(35)31(23-12-8-5-9-13-23)20-27(33)32(26)24-14-16-25(17-15-24)36-21-22-10-6-4-7-11-22/h4-17,26H,18-21H2,1-3H3/t26-/m0/s1. The first kappa shape index (κ1) is 25.9. The number of anilines is 2. The first-order valence-corrected chi connectivity index (χ1v) is 12.4. The molecule has 0 unspecified atom stereocenters. The number of hydrogen-bond donors (Lipinski definition) is 0. The van der Waals surface area contributed by atoms with E-state index in [2.05, 4.69) is 0 Å². The van der Waals surface area contributed by atoms with Crippen molar-refractivity contribution in [2.24, 2.45) is 0 Å². The van der Waals surface area contributed by atoms with E-state index >= 15 is 0 Å². The van der Waals surface area contributed by atoms with Gasteiger partial charge < -0.3 is 14.4 Å². The van der Waals surface area contributed by atoms with Crippen LogP contribution in [-0.2, 0) is 25.7 Å². The molecule has 0 bridgehead atoms. The van der Waals surface area contributed by atoms with Crippen LogP contribution in [0.1, 0.15) is 39.2 Å². The predicted molar refractivity (Wildman–Crippen MR) is 142 cm³/mol. The minimum absolute atomic E-state index is 0.0123. The molecule has 0 spiro atoms. The molecule has 37 heavy (non-hydrogen) atoms. The Hall–Kier alpha value is -4.13. The Kier molecular flexibility index (Phi) is 7.92. The number of nitrogens with zero attached hydrogens (tertiary/aromatic N) is 2. The highest BCUT2D eigenvalue weighted by Gasteiger charge is 2.41. The van der Waals surface area contributed by atoms with Gasteiger partial charge in [-0.2, -0.15) is 0 Å². The van der Waals surface area contributed by atoms with Crippen molar-refractivity contribution in [1.29, 1.82) is 0 Å². The fourth-order valence-electron chi connectivity index (χ4n) is 4.25. The molecule has 1 atom stereocenters. The Morgan fingerprint density at radius 2 is 1.49 bits per heavy atom. The summed E-state index contributed by atoms with van der Waals surface area (Å²) in [6.07, 6.45) is 0.160. The lowest BCUT2D eigenvalue weighted by molar-refractivity contribution is -0.155. The van der Waals surface area contributed by atoms with Gasteiger partial charge in [-0.1, -0.05) is 48.5 Å². The van der Waals surface area contributed by atoms with Crippen molar-refractivity contribution in [1.82, 2.24) is 0 Å². The maximum atomic E-state index is 13.6. The number of esters is 1. The molecule has 1 aliphatic heterocycles. The van der Waals surface area contributed by atoms with Crippen molar-refractivity contribution in [3.05, 3.63) is 90.5 Å². The van der Waals surface area contributed by atoms with E-state index in [0.717, 1.165) is 5.56 Å². The molecule has 3 aromatic rings. The lowest BCUT2D eigenvalue weighted by atomic mass is 10.0. The van der Waals surface area contributed by atoms with Crippen LogP contribution in [0, 0.1) is 0 Å². The third-order valence-electron chi connectivity index (χ3n) is 5.90. The largest absolute Gasteiger partial charge is 0.489 e. The Labute approximate surface area is 217 Å². The van der Waals surface area contributed by atoms with E-state index in [1.54, 1.807) is 57.2 Å². The molecule has 2 amide bonds. The van der Waals surface area contributed by atoms with Gasteiger partial charge >= 0.3 is 5.97 Å². The van der Waals surface area contributed by atoms with Gasteiger partial charge in [-0.15, -0.1) is 0 Å². The van der Waals surface area contributed by atoms with Crippen LogP contribution in [0.3, 0.4) is 0 Å². The highest BCUT2D eigenvalue weighted by molar-refractivity contribution is 6.14. The first-order chi connectivity index (χ1) is 17.7. The summed E-state index contributed by atoms with van der Waals surface area (Å²) in [5.41, 5.74) is 1.64. The van der Waals surface area contributed by atoms with E-state index in [9.17, 15) is 14.4 Å². The lowest BCUT2D eigenvalue weighted by Gasteiger charge is -2.40. The van der Waals surface area contributed by atoms with Crippen LogP contribution in [0.15, 0.2) is 84.9 Å². The van der Waals surface area contributed by atoms with Crippen molar-refractivity contribution < 1.29 is 23.9 Å². The summed E-state index contributed by atoms with van der Waals surface area (Å²) < 4.78 is 11.3. The van der Waals surface area contributed by atoms with Gasteiger partial charge in [-0.25, -0.2) is 0 Å². The number of ether oxygens (including phenoxy) is 2. The average Bonchev–Trinajstić information content (AvgIpc) is 2.88. The van der Waals surface area contributed by atoms with Gasteiger partial charge in [0.1, 0.15) is 30.5 Å². The van der Waals surface area contributed by atoms with Gasteiger partial charge in [-0.05, 0) is 69.2 Å². The lowest BCUT2D eigenvalue weighted by Crippen LogP contribution is -2.60. The summed E-state index contributed by atoms with van der Waals surface area (Å²) in [5.74, 6) is -0.219. The van der Waals surface area contributed by atoms with Crippen molar-refractivity contribution in [3.8, 4) is 5.75 Å². The zero-order valence-electron chi connectivity index (χ0n) is 21.4. The van der Waals surface area contributed by atoms with Crippen LogP contribution in [-0.4, -0.2) is 36.0 Å². The number of hydrogen-bond acceptors (Lipinski definition) is 5. The Morgan fingerprint density at radius 1 is 0.865 bits per heavy atom. The number of benzene rings is 3. The highest BCUT2D eigenvalue weighted by Crippen LogP contribution is 2.30. The first-order valence-electron chi connectivity index (χ1n) is 12.4. The van der Waals surface area contributed by atoms with Crippen LogP contribution < -0.4 is 14.5 Å². The molecule has 0 aliphatic carbocycles. The molecule has 1 heterocycles. The Morgan fingerprint density at radius 3 is 2.11 bits per heavy atom. The molecule has 3 aromatic carbocycles. The van der Waals surface area contributed by atoms with Crippen LogP contribution in [0.2, 0.25) is 0 Å². The molecular formula is C30H32N2O5. The number of para-hydroxylation sites is 1. The zero-order chi connectivity index (χ0) is 26.4. The zero-order valence-corrected chi connectivity index (χ0v) is 21.4. The average molecular weight is 501 g/mol. The van der Waals surface area contributed by atoms with Crippen LogP contribution in [0.25, 0.3) is 0 Å². The van der Waals surface area contributed by atoms with Crippen LogP contribution in [0.4, 0.5) is 11.4 Å². The molecular weight excluding hydrogens is 468 g/mol. The normalized spacial score (nSPS) is 16.0.